The predicted molar refractivity (Wildman–Crippen MR) is 56.2 cm³/mol. The summed E-state index contributed by atoms with van der Waals surface area (Å²) in [5.74, 6) is 0. The van der Waals surface area contributed by atoms with Gasteiger partial charge >= 0.3 is 0 Å². The van der Waals surface area contributed by atoms with E-state index >= 15 is 0 Å². The Labute approximate surface area is 88.8 Å². The first-order chi connectivity index (χ1) is 6.46. The highest BCUT2D eigenvalue weighted by molar-refractivity contribution is 7.94. The third-order valence-corrected chi connectivity index (χ3v) is 5.71. The molecule has 1 aromatic carbocycles. The zero-order valence-electron chi connectivity index (χ0n) is 7.83. The van der Waals surface area contributed by atoms with Crippen LogP contribution in [0.3, 0.4) is 0 Å². The van der Waals surface area contributed by atoms with Crippen molar-refractivity contribution >= 4 is 21.4 Å². The molecule has 0 spiro atoms. The molecule has 1 saturated carbocycles. The zero-order chi connectivity index (χ0) is 10.4. The molecule has 0 radical (unpaired) electrons. The Morgan fingerprint density at radius 1 is 1.21 bits per heavy atom. The van der Waals surface area contributed by atoms with Gasteiger partial charge in [-0.25, -0.2) is 8.42 Å². The maximum Gasteiger partial charge on any atom is 0.197 e. The molecular formula is C10H11ClO2S. The number of benzene rings is 1. The highest BCUT2D eigenvalue weighted by Crippen LogP contribution is 2.50. The van der Waals surface area contributed by atoms with Crippen molar-refractivity contribution < 1.29 is 8.42 Å². The van der Waals surface area contributed by atoms with Crippen LogP contribution in [0.5, 0.6) is 0 Å². The van der Waals surface area contributed by atoms with Gasteiger partial charge in [-0.1, -0.05) is 17.7 Å². The van der Waals surface area contributed by atoms with Gasteiger partial charge in [-0.3, -0.25) is 0 Å². The fourth-order valence-corrected chi connectivity index (χ4v) is 3.21. The Bertz CT molecular complexity index is 444. The molecular weight excluding hydrogens is 220 g/mol. The van der Waals surface area contributed by atoms with Crippen LogP contribution in [0.4, 0.5) is 0 Å². The van der Waals surface area contributed by atoms with Crippen molar-refractivity contribution in [1.29, 1.82) is 0 Å². The third-order valence-electron chi connectivity index (χ3n) is 2.46. The molecule has 1 aliphatic rings. The number of aryl methyl sites for hydroxylation is 1. The third kappa shape index (κ3) is 1.44. The van der Waals surface area contributed by atoms with Gasteiger partial charge in [-0.2, -0.15) is 0 Å². The fraction of sp³-hybridized carbons (Fsp3) is 0.400. The summed E-state index contributed by atoms with van der Waals surface area (Å²) in [7, 11) is -3.32. The van der Waals surface area contributed by atoms with Gasteiger partial charge in [0.05, 0.1) is 4.90 Å². The molecule has 0 aromatic heterocycles. The number of sulfone groups is 1. The van der Waals surface area contributed by atoms with Crippen LogP contribution in [0.2, 0.25) is 0 Å². The SMILES string of the molecule is Cc1ccc(S(=O)(=O)C2(Cl)CC2)cc1. The lowest BCUT2D eigenvalue weighted by Gasteiger charge is -2.08. The van der Waals surface area contributed by atoms with Gasteiger partial charge in [0.1, 0.15) is 0 Å². The van der Waals surface area contributed by atoms with Crippen LogP contribution in [0.25, 0.3) is 0 Å². The Morgan fingerprint density at radius 3 is 2.14 bits per heavy atom. The molecule has 0 aliphatic heterocycles. The summed E-state index contributed by atoms with van der Waals surface area (Å²) in [5, 5.41) is 0. The molecule has 14 heavy (non-hydrogen) atoms. The van der Waals surface area contributed by atoms with Gasteiger partial charge in [-0.15, -0.1) is 11.6 Å². The van der Waals surface area contributed by atoms with Crippen molar-refractivity contribution in [2.45, 2.75) is 28.9 Å². The van der Waals surface area contributed by atoms with Gasteiger partial charge in [-0.05, 0) is 31.9 Å². The smallest absolute Gasteiger partial charge is 0.197 e. The summed E-state index contributed by atoms with van der Waals surface area (Å²) in [4.78, 5) is 0.329. The predicted octanol–water partition coefficient (Wildman–Crippen LogP) is 2.50. The molecule has 2 rings (SSSR count). The summed E-state index contributed by atoms with van der Waals surface area (Å²) in [6, 6.07) is 6.81. The number of alkyl halides is 1. The minimum Gasteiger partial charge on any atom is -0.222 e. The molecule has 1 aliphatic carbocycles. The minimum atomic E-state index is -3.32. The van der Waals surface area contributed by atoms with Crippen molar-refractivity contribution in [3.63, 3.8) is 0 Å². The molecule has 0 atom stereocenters. The van der Waals surface area contributed by atoms with E-state index in [0.29, 0.717) is 17.7 Å². The number of hydrogen-bond donors (Lipinski definition) is 0. The van der Waals surface area contributed by atoms with Gasteiger partial charge in [0.2, 0.25) is 0 Å². The van der Waals surface area contributed by atoms with E-state index in [9.17, 15) is 8.42 Å². The van der Waals surface area contributed by atoms with Crippen LogP contribution in [0.15, 0.2) is 29.2 Å². The average Bonchev–Trinajstić information content (AvgIpc) is 2.86. The monoisotopic (exact) mass is 230 g/mol. The molecule has 0 amide bonds. The lowest BCUT2D eigenvalue weighted by molar-refractivity contribution is 0.591. The molecule has 76 valence electrons. The lowest BCUT2D eigenvalue weighted by Crippen LogP contribution is -2.16. The number of rotatable bonds is 2. The largest absolute Gasteiger partial charge is 0.222 e. The summed E-state index contributed by atoms with van der Waals surface area (Å²) < 4.78 is 22.8. The van der Waals surface area contributed by atoms with Crippen LogP contribution in [0, 0.1) is 6.92 Å². The van der Waals surface area contributed by atoms with Gasteiger partial charge in [0.25, 0.3) is 0 Å². The Hall–Kier alpha value is -0.540. The summed E-state index contributed by atoms with van der Waals surface area (Å²) in [6.45, 7) is 1.92. The lowest BCUT2D eigenvalue weighted by atomic mass is 10.2. The fourth-order valence-electron chi connectivity index (χ4n) is 1.30. The maximum atomic E-state index is 11.9. The first kappa shape index (κ1) is 9.99. The van der Waals surface area contributed by atoms with E-state index in [1.165, 1.54) is 0 Å². The van der Waals surface area contributed by atoms with Crippen molar-refractivity contribution in [3.05, 3.63) is 29.8 Å². The Balaban J connectivity index is 2.45. The minimum absolute atomic E-state index is 0.329. The summed E-state index contributed by atoms with van der Waals surface area (Å²) >= 11 is 5.92. The number of halogens is 1. The van der Waals surface area contributed by atoms with Crippen LogP contribution >= 0.6 is 11.6 Å². The summed E-state index contributed by atoms with van der Waals surface area (Å²) in [5.41, 5.74) is 1.04. The van der Waals surface area contributed by atoms with Crippen LogP contribution in [-0.2, 0) is 9.84 Å². The summed E-state index contributed by atoms with van der Waals surface area (Å²) in [6.07, 6.45) is 1.12. The maximum absolute atomic E-state index is 11.9. The normalized spacial score (nSPS) is 19.3. The van der Waals surface area contributed by atoms with Gasteiger partial charge in [0.15, 0.2) is 14.0 Å². The quantitative estimate of drug-likeness (QED) is 0.732. The van der Waals surface area contributed by atoms with Gasteiger partial charge < -0.3 is 0 Å². The molecule has 0 unspecified atom stereocenters. The van der Waals surface area contributed by atoms with Crippen molar-refractivity contribution in [2.24, 2.45) is 0 Å². The second kappa shape index (κ2) is 2.97. The molecule has 0 saturated heterocycles. The average molecular weight is 231 g/mol. The zero-order valence-corrected chi connectivity index (χ0v) is 9.40. The van der Waals surface area contributed by atoms with E-state index in [0.717, 1.165) is 5.56 Å². The van der Waals surface area contributed by atoms with E-state index in [1.54, 1.807) is 24.3 Å². The molecule has 0 bridgehead atoms. The molecule has 1 aromatic rings. The molecule has 0 heterocycles. The Morgan fingerprint density at radius 2 is 1.71 bits per heavy atom. The first-order valence-corrected chi connectivity index (χ1v) is 6.32. The van der Waals surface area contributed by atoms with Gasteiger partial charge in [0, 0.05) is 0 Å². The van der Waals surface area contributed by atoms with E-state index in [-0.39, 0.29) is 0 Å². The first-order valence-electron chi connectivity index (χ1n) is 4.46. The molecule has 2 nitrogen and oxygen atoms in total. The number of hydrogen-bond acceptors (Lipinski definition) is 2. The topological polar surface area (TPSA) is 34.1 Å². The highest BCUT2D eigenvalue weighted by atomic mass is 35.5. The van der Waals surface area contributed by atoms with Crippen molar-refractivity contribution in [3.8, 4) is 0 Å². The molecule has 4 heteroatoms. The second-order valence-corrected chi connectivity index (χ2v) is 6.91. The highest BCUT2D eigenvalue weighted by Gasteiger charge is 2.53. The van der Waals surface area contributed by atoms with Crippen LogP contribution < -0.4 is 0 Å². The van der Waals surface area contributed by atoms with E-state index in [1.807, 2.05) is 6.92 Å². The van der Waals surface area contributed by atoms with Crippen LogP contribution in [-0.4, -0.2) is 12.6 Å². The van der Waals surface area contributed by atoms with Crippen LogP contribution in [0.1, 0.15) is 18.4 Å². The van der Waals surface area contributed by atoms with Crippen molar-refractivity contribution in [1.82, 2.24) is 0 Å². The molecule has 1 fully saturated rings. The second-order valence-electron chi connectivity index (χ2n) is 3.70. The van der Waals surface area contributed by atoms with E-state index < -0.39 is 14.0 Å². The molecule has 0 N–H and O–H groups in total. The standard InChI is InChI=1S/C10H11ClO2S/c1-8-2-4-9(5-3-8)14(12,13)10(11)6-7-10/h2-5H,6-7H2,1H3. The van der Waals surface area contributed by atoms with Crippen molar-refractivity contribution in [2.75, 3.05) is 0 Å². The Kier molecular flexibility index (Phi) is 2.12. The van der Waals surface area contributed by atoms with E-state index in [4.69, 9.17) is 11.6 Å². The van der Waals surface area contributed by atoms with E-state index in [2.05, 4.69) is 0 Å².